The van der Waals surface area contributed by atoms with Gasteiger partial charge in [0.05, 0.1) is 5.75 Å². The fourth-order valence-electron chi connectivity index (χ4n) is 1.68. The van der Waals surface area contributed by atoms with Crippen LogP contribution >= 0.6 is 23.2 Å². The van der Waals surface area contributed by atoms with E-state index < -0.39 is 9.84 Å². The minimum absolute atomic E-state index is 0.152. The molecule has 0 heterocycles. The summed E-state index contributed by atoms with van der Waals surface area (Å²) in [6, 6.07) is 4.87. The topological polar surface area (TPSA) is 60.2 Å². The van der Waals surface area contributed by atoms with Crippen molar-refractivity contribution in [3.05, 3.63) is 33.8 Å². The van der Waals surface area contributed by atoms with Crippen molar-refractivity contribution in [3.8, 4) is 0 Å². The monoisotopic (exact) mass is 309 g/mol. The molecule has 0 aliphatic carbocycles. The summed E-state index contributed by atoms with van der Waals surface area (Å²) in [5, 5.41) is 1.04. The number of rotatable bonds is 6. The first-order valence-corrected chi connectivity index (χ1v) is 8.35. The van der Waals surface area contributed by atoms with Crippen LogP contribution in [0, 0.1) is 0 Å². The number of hydrogen-bond acceptors (Lipinski definition) is 3. The predicted molar refractivity (Wildman–Crippen MR) is 77.0 cm³/mol. The highest BCUT2D eigenvalue weighted by atomic mass is 35.5. The van der Waals surface area contributed by atoms with E-state index in [1.165, 1.54) is 0 Å². The van der Waals surface area contributed by atoms with Gasteiger partial charge in [-0.25, -0.2) is 8.42 Å². The van der Waals surface area contributed by atoms with Crippen molar-refractivity contribution in [3.63, 3.8) is 0 Å². The molecule has 2 N–H and O–H groups in total. The van der Waals surface area contributed by atoms with Crippen LogP contribution in [0.25, 0.3) is 0 Å². The Labute approximate surface area is 118 Å². The second-order valence-electron chi connectivity index (χ2n) is 4.12. The standard InChI is InChI=1S/C12H17Cl2NO2S/c1-2-18(16,17)8-4-7-11(15)12-9(13)5-3-6-10(12)14/h3,5-6,11H,2,4,7-8,15H2,1H3. The molecule has 0 radical (unpaired) electrons. The third-order valence-electron chi connectivity index (χ3n) is 2.78. The van der Waals surface area contributed by atoms with Gasteiger partial charge in [0.1, 0.15) is 9.84 Å². The van der Waals surface area contributed by atoms with Gasteiger partial charge >= 0.3 is 0 Å². The summed E-state index contributed by atoms with van der Waals surface area (Å²) in [5.41, 5.74) is 6.69. The fraction of sp³-hybridized carbons (Fsp3) is 0.500. The van der Waals surface area contributed by atoms with E-state index >= 15 is 0 Å². The molecule has 1 aromatic rings. The van der Waals surface area contributed by atoms with Crippen LogP contribution in [0.3, 0.4) is 0 Å². The molecule has 0 amide bonds. The van der Waals surface area contributed by atoms with Gasteiger partial charge in [-0.1, -0.05) is 36.2 Å². The van der Waals surface area contributed by atoms with Gasteiger partial charge in [-0.3, -0.25) is 0 Å². The van der Waals surface area contributed by atoms with E-state index in [1.807, 2.05) is 0 Å². The zero-order valence-corrected chi connectivity index (χ0v) is 12.5. The summed E-state index contributed by atoms with van der Waals surface area (Å²) in [6.07, 6.45) is 1.06. The second-order valence-corrected chi connectivity index (χ2v) is 7.41. The summed E-state index contributed by atoms with van der Waals surface area (Å²) in [4.78, 5) is 0. The van der Waals surface area contributed by atoms with Crippen molar-refractivity contribution in [1.82, 2.24) is 0 Å². The average molecular weight is 310 g/mol. The zero-order chi connectivity index (χ0) is 13.8. The van der Waals surface area contributed by atoms with E-state index in [2.05, 4.69) is 0 Å². The maximum atomic E-state index is 11.4. The van der Waals surface area contributed by atoms with Crippen LogP contribution in [0.15, 0.2) is 18.2 Å². The van der Waals surface area contributed by atoms with Crippen LogP contribution < -0.4 is 5.73 Å². The van der Waals surface area contributed by atoms with Gasteiger partial charge in [0.15, 0.2) is 0 Å². The number of nitrogens with two attached hydrogens (primary N) is 1. The lowest BCUT2D eigenvalue weighted by Gasteiger charge is -2.15. The summed E-state index contributed by atoms with van der Waals surface area (Å²) in [7, 11) is -2.94. The molecule has 3 nitrogen and oxygen atoms in total. The van der Waals surface area contributed by atoms with E-state index in [0.717, 1.165) is 0 Å². The smallest absolute Gasteiger partial charge is 0.150 e. The van der Waals surface area contributed by atoms with Crippen molar-refractivity contribution in [2.45, 2.75) is 25.8 Å². The molecule has 18 heavy (non-hydrogen) atoms. The third-order valence-corrected chi connectivity index (χ3v) is 5.23. The van der Waals surface area contributed by atoms with Crippen LogP contribution in [-0.2, 0) is 9.84 Å². The van der Waals surface area contributed by atoms with Gasteiger partial charge in [-0.2, -0.15) is 0 Å². The molecule has 6 heteroatoms. The number of halogens is 2. The molecule has 1 aromatic carbocycles. The largest absolute Gasteiger partial charge is 0.324 e. The molecular weight excluding hydrogens is 293 g/mol. The molecule has 1 unspecified atom stereocenters. The van der Waals surface area contributed by atoms with Crippen LogP contribution in [-0.4, -0.2) is 19.9 Å². The number of sulfone groups is 1. The van der Waals surface area contributed by atoms with Crippen molar-refractivity contribution in [1.29, 1.82) is 0 Å². The van der Waals surface area contributed by atoms with Crippen molar-refractivity contribution in [2.75, 3.05) is 11.5 Å². The number of benzene rings is 1. The van der Waals surface area contributed by atoms with Gasteiger partial charge in [-0.05, 0) is 25.0 Å². The first kappa shape index (κ1) is 15.8. The van der Waals surface area contributed by atoms with Gasteiger partial charge < -0.3 is 5.73 Å². The molecule has 0 aliphatic rings. The van der Waals surface area contributed by atoms with Crippen molar-refractivity contribution in [2.24, 2.45) is 5.73 Å². The molecule has 1 atom stereocenters. The first-order chi connectivity index (χ1) is 8.37. The fourth-order valence-corrected chi connectivity index (χ4v) is 3.25. The maximum absolute atomic E-state index is 11.4. The minimum Gasteiger partial charge on any atom is -0.324 e. The highest BCUT2D eigenvalue weighted by Crippen LogP contribution is 2.31. The third kappa shape index (κ3) is 4.43. The van der Waals surface area contributed by atoms with Crippen molar-refractivity contribution < 1.29 is 8.42 Å². The minimum atomic E-state index is -2.94. The van der Waals surface area contributed by atoms with E-state index in [-0.39, 0.29) is 17.5 Å². The Kier molecular flexibility index (Phi) is 5.92. The summed E-state index contributed by atoms with van der Waals surface area (Å²) in [6.45, 7) is 1.64. The Balaban J connectivity index is 2.64. The van der Waals surface area contributed by atoms with Gasteiger partial charge in [0.2, 0.25) is 0 Å². The molecular formula is C12H17Cl2NO2S. The highest BCUT2D eigenvalue weighted by molar-refractivity contribution is 7.91. The first-order valence-electron chi connectivity index (χ1n) is 5.77. The Morgan fingerprint density at radius 3 is 2.33 bits per heavy atom. The molecule has 0 saturated carbocycles. The van der Waals surface area contributed by atoms with Gasteiger partial charge in [0, 0.05) is 27.4 Å². The molecule has 0 fully saturated rings. The van der Waals surface area contributed by atoms with E-state index in [0.29, 0.717) is 28.5 Å². The second kappa shape index (κ2) is 6.75. The van der Waals surface area contributed by atoms with Crippen LogP contribution in [0.4, 0.5) is 0 Å². The van der Waals surface area contributed by atoms with Gasteiger partial charge in [0.25, 0.3) is 0 Å². The maximum Gasteiger partial charge on any atom is 0.150 e. The molecule has 0 spiro atoms. The molecule has 0 aliphatic heterocycles. The lowest BCUT2D eigenvalue weighted by Crippen LogP contribution is -2.15. The highest BCUT2D eigenvalue weighted by Gasteiger charge is 2.15. The molecule has 0 aromatic heterocycles. The Morgan fingerprint density at radius 1 is 1.28 bits per heavy atom. The van der Waals surface area contributed by atoms with Crippen molar-refractivity contribution >= 4 is 33.0 Å². The van der Waals surface area contributed by atoms with Gasteiger partial charge in [-0.15, -0.1) is 0 Å². The van der Waals surface area contributed by atoms with Crippen LogP contribution in [0.5, 0.6) is 0 Å². The molecule has 102 valence electrons. The summed E-state index contributed by atoms with van der Waals surface area (Å²) >= 11 is 12.1. The Morgan fingerprint density at radius 2 is 1.83 bits per heavy atom. The molecule has 0 bridgehead atoms. The number of hydrogen-bond donors (Lipinski definition) is 1. The molecule has 1 rings (SSSR count). The van der Waals surface area contributed by atoms with Crippen LogP contribution in [0.1, 0.15) is 31.4 Å². The normalized spacial score (nSPS) is 13.6. The van der Waals surface area contributed by atoms with E-state index in [9.17, 15) is 8.42 Å². The molecule has 0 saturated heterocycles. The lowest BCUT2D eigenvalue weighted by molar-refractivity contribution is 0.584. The summed E-state index contributed by atoms with van der Waals surface area (Å²) < 4.78 is 22.7. The van der Waals surface area contributed by atoms with Crippen LogP contribution in [0.2, 0.25) is 10.0 Å². The quantitative estimate of drug-likeness (QED) is 0.877. The predicted octanol–water partition coefficient (Wildman–Crippen LogP) is 3.21. The van der Waals surface area contributed by atoms with E-state index in [1.54, 1.807) is 25.1 Å². The Bertz CT molecular complexity index is 483. The average Bonchev–Trinajstić information content (AvgIpc) is 2.28. The lowest BCUT2D eigenvalue weighted by atomic mass is 10.0. The Hall–Kier alpha value is -0.290. The zero-order valence-electron chi connectivity index (χ0n) is 10.2. The SMILES string of the molecule is CCS(=O)(=O)CCCC(N)c1c(Cl)cccc1Cl. The van der Waals surface area contributed by atoms with E-state index in [4.69, 9.17) is 28.9 Å². The summed E-state index contributed by atoms with van der Waals surface area (Å²) in [5.74, 6) is 0.314.